The van der Waals surface area contributed by atoms with Gasteiger partial charge in [-0.1, -0.05) is 146 Å². The Bertz CT molecular complexity index is 3720. The van der Waals surface area contributed by atoms with E-state index in [0.717, 1.165) is 83.4 Å². The van der Waals surface area contributed by atoms with Crippen molar-refractivity contribution < 1.29 is 0 Å². The summed E-state index contributed by atoms with van der Waals surface area (Å²) in [7, 11) is 0. The fourth-order valence-electron chi connectivity index (χ4n) is 9.22. The van der Waals surface area contributed by atoms with Crippen LogP contribution in [0.4, 0.5) is 5.69 Å². The van der Waals surface area contributed by atoms with Crippen LogP contribution in [-0.4, -0.2) is 14.5 Å². The van der Waals surface area contributed by atoms with Crippen LogP contribution in [0.3, 0.4) is 0 Å². The zero-order valence-electron chi connectivity index (χ0n) is 36.8. The molecule has 0 spiro atoms. The van der Waals surface area contributed by atoms with Gasteiger partial charge in [-0.15, -0.1) is 0 Å². The topological polar surface area (TPSA) is 106 Å². The number of hydrogen-bond acceptors (Lipinski definition) is 5. The zero-order valence-corrected chi connectivity index (χ0v) is 36.8. The van der Waals surface area contributed by atoms with Gasteiger partial charge in [0.05, 0.1) is 69.6 Å². The molecular weight excluding hydrogens is 843 g/mol. The second kappa shape index (κ2) is 17.7. The van der Waals surface area contributed by atoms with Gasteiger partial charge in [-0.2, -0.15) is 15.8 Å². The van der Waals surface area contributed by atoms with Gasteiger partial charge in [0.15, 0.2) is 11.5 Å². The molecule has 9 aromatic carbocycles. The molecule has 0 aliphatic carbocycles. The van der Waals surface area contributed by atoms with Crippen LogP contribution in [-0.2, 0) is 0 Å². The van der Waals surface area contributed by atoms with Crippen molar-refractivity contribution in [2.45, 2.75) is 0 Å². The Balaban J connectivity index is 1.27. The first-order valence-corrected chi connectivity index (χ1v) is 22.3. The molecule has 0 amide bonds. The number of nitriles is 3. The molecule has 0 bridgehead atoms. The van der Waals surface area contributed by atoms with E-state index in [0.29, 0.717) is 44.9 Å². The number of hydrogen-bond donors (Lipinski definition) is 0. The first-order valence-electron chi connectivity index (χ1n) is 22.3. The van der Waals surface area contributed by atoms with Crippen molar-refractivity contribution in [3.05, 3.63) is 240 Å². The molecule has 0 N–H and O–H groups in total. The SMILES string of the molecule is [C-]#[N+]c1ccc(-c2ccc3c(c2)c2cc(-c4ccc(C#N)cc4)ccc2n3-c2c(-c3ccccc3C#N)cc(-c3nc(-c4ccccc4)cc(-c4ccccc4)n3)cc2-c2ccccc2C#N)cc1. The van der Waals surface area contributed by atoms with E-state index in [1.807, 2.05) is 164 Å². The van der Waals surface area contributed by atoms with Gasteiger partial charge in [0, 0.05) is 49.7 Å². The third-order valence-electron chi connectivity index (χ3n) is 12.6. The van der Waals surface area contributed by atoms with E-state index in [4.69, 9.17) is 16.5 Å². The maximum Gasteiger partial charge on any atom is 0.187 e. The summed E-state index contributed by atoms with van der Waals surface area (Å²) in [6.07, 6.45) is 0. The maximum atomic E-state index is 10.8. The van der Waals surface area contributed by atoms with Crippen molar-refractivity contribution in [1.29, 1.82) is 15.8 Å². The number of benzene rings is 9. The summed E-state index contributed by atoms with van der Waals surface area (Å²) in [5, 5.41) is 33.2. The third-order valence-corrected chi connectivity index (χ3v) is 12.6. The minimum Gasteiger partial charge on any atom is -0.308 e. The van der Waals surface area contributed by atoms with Crippen LogP contribution in [0.5, 0.6) is 0 Å². The standard InChI is InChI=1S/C62H35N7/c1-66-50-28-24-42(25-29-50)46-27-31-60-54(33-46)53-32-45(41-22-20-40(37-63)21-23-41)26-30-59(53)69(60)61-55(51-18-10-8-16-47(51)38-64)34-49(35-56(61)52-19-11-9-17-48(52)39-65)62-67-57(43-12-4-2-5-13-43)36-58(68-62)44-14-6-3-7-15-44/h2-36H. The molecule has 0 atom stereocenters. The number of rotatable bonds is 8. The Morgan fingerprint density at radius 1 is 0.391 bits per heavy atom. The molecule has 2 aromatic heterocycles. The van der Waals surface area contributed by atoms with Gasteiger partial charge < -0.3 is 4.57 Å². The van der Waals surface area contributed by atoms with Gasteiger partial charge in [0.25, 0.3) is 0 Å². The Hall–Kier alpha value is -10.2. The highest BCUT2D eigenvalue weighted by molar-refractivity contribution is 6.13. The zero-order chi connectivity index (χ0) is 46.8. The predicted octanol–water partition coefficient (Wildman–Crippen LogP) is 15.4. The van der Waals surface area contributed by atoms with Crippen molar-refractivity contribution in [2.75, 3.05) is 0 Å². The fraction of sp³-hybridized carbons (Fsp3) is 0. The molecular formula is C62H35N7. The molecule has 0 saturated heterocycles. The summed E-state index contributed by atoms with van der Waals surface area (Å²) in [6, 6.07) is 76.7. The maximum absolute atomic E-state index is 10.8. The van der Waals surface area contributed by atoms with Crippen LogP contribution in [0, 0.1) is 40.6 Å². The van der Waals surface area contributed by atoms with Crippen molar-refractivity contribution in [3.63, 3.8) is 0 Å². The molecule has 0 unspecified atom stereocenters. The number of nitrogens with zero attached hydrogens (tertiary/aromatic N) is 7. The van der Waals surface area contributed by atoms with E-state index in [1.54, 1.807) is 0 Å². The average Bonchev–Trinajstić information content (AvgIpc) is 3.75. The monoisotopic (exact) mass is 877 g/mol. The molecule has 7 heteroatoms. The molecule has 11 rings (SSSR count). The molecule has 2 heterocycles. The summed E-state index contributed by atoms with van der Waals surface area (Å²) in [5.41, 5.74) is 15.5. The van der Waals surface area contributed by atoms with Gasteiger partial charge in [0.2, 0.25) is 0 Å². The quantitative estimate of drug-likeness (QED) is 0.141. The second-order valence-electron chi connectivity index (χ2n) is 16.6. The van der Waals surface area contributed by atoms with E-state index in [1.165, 1.54) is 0 Å². The normalized spacial score (nSPS) is 10.8. The fourth-order valence-corrected chi connectivity index (χ4v) is 9.22. The third kappa shape index (κ3) is 7.61. The lowest BCUT2D eigenvalue weighted by molar-refractivity contribution is 1.16. The van der Waals surface area contributed by atoms with Crippen molar-refractivity contribution in [1.82, 2.24) is 14.5 Å². The second-order valence-corrected chi connectivity index (χ2v) is 16.6. The van der Waals surface area contributed by atoms with Crippen LogP contribution in [0.2, 0.25) is 0 Å². The van der Waals surface area contributed by atoms with E-state index in [-0.39, 0.29) is 0 Å². The largest absolute Gasteiger partial charge is 0.308 e. The van der Waals surface area contributed by atoms with Gasteiger partial charge in [-0.05, 0) is 89.0 Å². The van der Waals surface area contributed by atoms with Crippen LogP contribution >= 0.6 is 0 Å². The van der Waals surface area contributed by atoms with E-state index in [9.17, 15) is 15.8 Å². The molecule has 0 radical (unpaired) electrons. The van der Waals surface area contributed by atoms with Gasteiger partial charge >= 0.3 is 0 Å². The van der Waals surface area contributed by atoms with Gasteiger partial charge in [0.1, 0.15) is 0 Å². The molecule has 0 fully saturated rings. The molecule has 0 aliphatic heterocycles. The van der Waals surface area contributed by atoms with Crippen LogP contribution < -0.4 is 0 Å². The summed E-state index contributed by atoms with van der Waals surface area (Å²) in [6.45, 7) is 7.54. The first kappa shape index (κ1) is 41.5. The van der Waals surface area contributed by atoms with E-state index in [2.05, 4.69) is 76.2 Å². The molecule has 0 saturated carbocycles. The summed E-state index contributed by atoms with van der Waals surface area (Å²) in [5.74, 6) is 0.483. The number of fused-ring (bicyclic) bond motifs is 3. The highest BCUT2D eigenvalue weighted by atomic mass is 15.0. The minimum atomic E-state index is 0.480. The molecule has 318 valence electrons. The Kier molecular flexibility index (Phi) is 10.6. The van der Waals surface area contributed by atoms with Crippen molar-refractivity contribution >= 4 is 27.5 Å². The van der Waals surface area contributed by atoms with Gasteiger partial charge in [-0.3, -0.25) is 0 Å². The molecule has 11 aromatic rings. The van der Waals surface area contributed by atoms with Crippen molar-refractivity contribution in [3.8, 4) is 102 Å². The highest BCUT2D eigenvalue weighted by Gasteiger charge is 2.25. The van der Waals surface area contributed by atoms with Crippen LogP contribution in [0.25, 0.3) is 111 Å². The number of aromatic nitrogens is 3. The van der Waals surface area contributed by atoms with Gasteiger partial charge in [-0.25, -0.2) is 14.8 Å². The Morgan fingerprint density at radius 3 is 1.30 bits per heavy atom. The smallest absolute Gasteiger partial charge is 0.187 e. The minimum absolute atomic E-state index is 0.480. The average molecular weight is 878 g/mol. The highest BCUT2D eigenvalue weighted by Crippen LogP contribution is 2.46. The van der Waals surface area contributed by atoms with Crippen molar-refractivity contribution in [2.24, 2.45) is 0 Å². The molecule has 69 heavy (non-hydrogen) atoms. The first-order chi connectivity index (χ1) is 34.0. The lowest BCUT2D eigenvalue weighted by atomic mass is 9.89. The predicted molar refractivity (Wildman–Crippen MR) is 275 cm³/mol. The Labute approximate surface area is 398 Å². The Morgan fingerprint density at radius 2 is 0.841 bits per heavy atom. The lowest BCUT2D eigenvalue weighted by Gasteiger charge is -2.22. The summed E-state index contributed by atoms with van der Waals surface area (Å²) < 4.78 is 2.26. The van der Waals surface area contributed by atoms with E-state index < -0.39 is 0 Å². The summed E-state index contributed by atoms with van der Waals surface area (Å²) in [4.78, 5) is 14.1. The van der Waals surface area contributed by atoms with Crippen LogP contribution in [0.15, 0.2) is 212 Å². The molecule has 0 aliphatic rings. The lowest BCUT2D eigenvalue weighted by Crippen LogP contribution is -2.04. The molecule has 7 nitrogen and oxygen atoms in total. The summed E-state index contributed by atoms with van der Waals surface area (Å²) >= 11 is 0. The van der Waals surface area contributed by atoms with Crippen LogP contribution in [0.1, 0.15) is 16.7 Å². The van der Waals surface area contributed by atoms with E-state index >= 15 is 0 Å².